The lowest BCUT2D eigenvalue weighted by Gasteiger charge is -2.17. The highest BCUT2D eigenvalue weighted by Crippen LogP contribution is 2.41. The molecule has 6 nitrogen and oxygen atoms in total. The number of benzene rings is 3. The topological polar surface area (TPSA) is 62.6 Å². The third kappa shape index (κ3) is 4.01. The SMILES string of the molecule is COc1cc(-c2nc3ccccc3c(=O)n2Cc2cccc(Br)c2)cc(OC)c1OC. The highest BCUT2D eigenvalue weighted by molar-refractivity contribution is 9.10. The number of ether oxygens (including phenoxy) is 3. The van der Waals surface area contributed by atoms with Gasteiger partial charge in [-0.1, -0.05) is 40.2 Å². The number of halogens is 1. The average Bonchev–Trinajstić information content (AvgIpc) is 2.79. The first kappa shape index (κ1) is 20.9. The summed E-state index contributed by atoms with van der Waals surface area (Å²) in [6.07, 6.45) is 0. The van der Waals surface area contributed by atoms with Gasteiger partial charge in [0.15, 0.2) is 11.5 Å². The van der Waals surface area contributed by atoms with Crippen LogP contribution in [0.1, 0.15) is 5.56 Å². The van der Waals surface area contributed by atoms with Crippen molar-refractivity contribution in [2.75, 3.05) is 21.3 Å². The van der Waals surface area contributed by atoms with Crippen molar-refractivity contribution in [1.29, 1.82) is 0 Å². The maximum Gasteiger partial charge on any atom is 0.261 e. The molecule has 1 aromatic heterocycles. The Kier molecular flexibility index (Phi) is 5.95. The molecular formula is C24H21BrN2O4. The summed E-state index contributed by atoms with van der Waals surface area (Å²) in [5.74, 6) is 1.99. The van der Waals surface area contributed by atoms with E-state index in [2.05, 4.69) is 15.9 Å². The summed E-state index contributed by atoms with van der Waals surface area (Å²) in [5, 5.41) is 0.564. The van der Waals surface area contributed by atoms with Crippen LogP contribution in [0.25, 0.3) is 22.3 Å². The molecule has 4 rings (SSSR count). The smallest absolute Gasteiger partial charge is 0.261 e. The molecule has 0 spiro atoms. The number of nitrogens with zero attached hydrogens (tertiary/aromatic N) is 2. The molecule has 7 heteroatoms. The van der Waals surface area contributed by atoms with E-state index in [0.717, 1.165) is 10.0 Å². The molecular weight excluding hydrogens is 460 g/mol. The van der Waals surface area contributed by atoms with E-state index in [9.17, 15) is 4.79 Å². The fraction of sp³-hybridized carbons (Fsp3) is 0.167. The monoisotopic (exact) mass is 480 g/mol. The van der Waals surface area contributed by atoms with Gasteiger partial charge in [0, 0.05) is 10.0 Å². The van der Waals surface area contributed by atoms with Crippen molar-refractivity contribution < 1.29 is 14.2 Å². The number of methoxy groups -OCH3 is 3. The zero-order valence-corrected chi connectivity index (χ0v) is 19.0. The van der Waals surface area contributed by atoms with Crippen molar-refractivity contribution >= 4 is 26.8 Å². The van der Waals surface area contributed by atoms with E-state index in [-0.39, 0.29) is 5.56 Å². The van der Waals surface area contributed by atoms with Crippen LogP contribution < -0.4 is 19.8 Å². The summed E-state index contributed by atoms with van der Waals surface area (Å²) >= 11 is 3.50. The Bertz CT molecular complexity index is 1290. The minimum absolute atomic E-state index is 0.116. The molecule has 0 saturated carbocycles. The van der Waals surface area contributed by atoms with Crippen molar-refractivity contribution in [2.24, 2.45) is 0 Å². The summed E-state index contributed by atoms with van der Waals surface area (Å²) in [6.45, 7) is 0.363. The van der Waals surface area contributed by atoms with E-state index < -0.39 is 0 Å². The van der Waals surface area contributed by atoms with Gasteiger partial charge in [-0.2, -0.15) is 0 Å². The minimum atomic E-state index is -0.116. The number of para-hydroxylation sites is 1. The lowest BCUT2D eigenvalue weighted by atomic mass is 10.1. The summed E-state index contributed by atoms with van der Waals surface area (Å²) in [7, 11) is 4.67. The summed E-state index contributed by atoms with van der Waals surface area (Å²) < 4.78 is 19.1. The predicted octanol–water partition coefficient (Wildman–Crippen LogP) is 4.90. The Morgan fingerprint density at radius 2 is 1.61 bits per heavy atom. The normalized spacial score (nSPS) is 10.8. The summed E-state index contributed by atoms with van der Waals surface area (Å²) in [6, 6.07) is 18.8. The van der Waals surface area contributed by atoms with Crippen LogP contribution in [0.4, 0.5) is 0 Å². The second kappa shape index (κ2) is 8.81. The lowest BCUT2D eigenvalue weighted by molar-refractivity contribution is 0.324. The molecule has 0 bridgehead atoms. The van der Waals surface area contributed by atoms with Crippen molar-refractivity contribution in [3.8, 4) is 28.6 Å². The van der Waals surface area contributed by atoms with Crippen LogP contribution in [0.5, 0.6) is 17.2 Å². The van der Waals surface area contributed by atoms with Gasteiger partial charge in [0.25, 0.3) is 5.56 Å². The Morgan fingerprint density at radius 3 is 2.26 bits per heavy atom. The Labute approximate surface area is 188 Å². The van der Waals surface area contributed by atoms with E-state index in [1.807, 2.05) is 42.5 Å². The van der Waals surface area contributed by atoms with Crippen molar-refractivity contribution in [2.45, 2.75) is 6.54 Å². The van der Waals surface area contributed by atoms with Gasteiger partial charge in [0.2, 0.25) is 5.75 Å². The molecule has 0 saturated heterocycles. The van der Waals surface area contributed by atoms with Crippen LogP contribution in [0.15, 0.2) is 69.9 Å². The Hall–Kier alpha value is -3.32. The molecule has 0 amide bonds. The molecule has 0 aliphatic carbocycles. The number of hydrogen-bond donors (Lipinski definition) is 0. The fourth-order valence-corrected chi connectivity index (χ4v) is 4.01. The molecule has 0 fully saturated rings. The molecule has 4 aromatic rings. The molecule has 31 heavy (non-hydrogen) atoms. The van der Waals surface area contributed by atoms with Crippen LogP contribution in [0.2, 0.25) is 0 Å². The Morgan fingerprint density at radius 1 is 0.903 bits per heavy atom. The average molecular weight is 481 g/mol. The summed E-state index contributed by atoms with van der Waals surface area (Å²) in [4.78, 5) is 18.3. The molecule has 1 heterocycles. The lowest BCUT2D eigenvalue weighted by Crippen LogP contribution is -2.24. The number of fused-ring (bicyclic) bond motifs is 1. The van der Waals surface area contributed by atoms with Gasteiger partial charge >= 0.3 is 0 Å². The molecule has 0 atom stereocenters. The van der Waals surface area contributed by atoms with Gasteiger partial charge < -0.3 is 14.2 Å². The second-order valence-corrected chi connectivity index (χ2v) is 7.80. The predicted molar refractivity (Wildman–Crippen MR) is 124 cm³/mol. The van der Waals surface area contributed by atoms with E-state index >= 15 is 0 Å². The third-order valence-corrected chi connectivity index (χ3v) is 5.51. The molecule has 0 N–H and O–H groups in total. The first-order valence-electron chi connectivity index (χ1n) is 9.60. The van der Waals surface area contributed by atoms with Crippen molar-refractivity contribution in [3.63, 3.8) is 0 Å². The van der Waals surface area contributed by atoms with Crippen LogP contribution in [-0.4, -0.2) is 30.9 Å². The van der Waals surface area contributed by atoms with Gasteiger partial charge in [-0.3, -0.25) is 9.36 Å². The van der Waals surface area contributed by atoms with E-state index in [0.29, 0.717) is 46.1 Å². The van der Waals surface area contributed by atoms with Crippen molar-refractivity contribution in [3.05, 3.63) is 81.1 Å². The van der Waals surface area contributed by atoms with Gasteiger partial charge in [-0.25, -0.2) is 4.98 Å². The highest BCUT2D eigenvalue weighted by atomic mass is 79.9. The van der Waals surface area contributed by atoms with Crippen LogP contribution >= 0.6 is 15.9 Å². The summed E-state index contributed by atoms with van der Waals surface area (Å²) in [5.41, 5.74) is 2.17. The first-order valence-corrected chi connectivity index (χ1v) is 10.4. The van der Waals surface area contributed by atoms with E-state index in [4.69, 9.17) is 19.2 Å². The molecule has 3 aromatic carbocycles. The molecule has 0 unspecified atom stereocenters. The molecule has 0 aliphatic rings. The minimum Gasteiger partial charge on any atom is -0.493 e. The standard InChI is InChI=1S/C24H21BrN2O4/c1-29-20-12-16(13-21(30-2)22(20)31-3)23-26-19-10-5-4-9-18(19)24(28)27(23)14-15-7-6-8-17(25)11-15/h4-13H,14H2,1-3H3. The first-order chi connectivity index (χ1) is 15.0. The maximum atomic E-state index is 13.5. The molecule has 158 valence electrons. The van der Waals surface area contributed by atoms with Crippen molar-refractivity contribution in [1.82, 2.24) is 9.55 Å². The van der Waals surface area contributed by atoms with E-state index in [1.54, 1.807) is 44.1 Å². The highest BCUT2D eigenvalue weighted by Gasteiger charge is 2.19. The molecule has 0 radical (unpaired) electrons. The van der Waals surface area contributed by atoms with Crippen LogP contribution in [-0.2, 0) is 6.54 Å². The van der Waals surface area contributed by atoms with Gasteiger partial charge in [0.05, 0.1) is 38.8 Å². The number of rotatable bonds is 6. The number of hydrogen-bond acceptors (Lipinski definition) is 5. The quantitative estimate of drug-likeness (QED) is 0.392. The fourth-order valence-electron chi connectivity index (χ4n) is 3.56. The zero-order valence-electron chi connectivity index (χ0n) is 17.4. The van der Waals surface area contributed by atoms with E-state index in [1.165, 1.54) is 0 Å². The largest absolute Gasteiger partial charge is 0.493 e. The van der Waals surface area contributed by atoms with Gasteiger partial charge in [-0.15, -0.1) is 0 Å². The zero-order chi connectivity index (χ0) is 22.0. The number of aromatic nitrogens is 2. The Balaban J connectivity index is 2.00. The molecule has 0 aliphatic heterocycles. The van der Waals surface area contributed by atoms with Gasteiger partial charge in [0.1, 0.15) is 5.82 Å². The third-order valence-electron chi connectivity index (χ3n) is 5.01. The second-order valence-electron chi connectivity index (χ2n) is 6.89. The maximum absolute atomic E-state index is 13.5. The van der Waals surface area contributed by atoms with Crippen LogP contribution in [0.3, 0.4) is 0 Å². The van der Waals surface area contributed by atoms with Crippen LogP contribution in [0, 0.1) is 0 Å². The van der Waals surface area contributed by atoms with Gasteiger partial charge in [-0.05, 0) is 42.0 Å².